The van der Waals surface area contributed by atoms with Gasteiger partial charge in [-0.1, -0.05) is 29.3 Å². The molecule has 4 rings (SSSR count). The minimum Gasteiger partial charge on any atom is -0.350 e. The van der Waals surface area contributed by atoms with E-state index in [4.69, 9.17) is 23.2 Å². The molecule has 1 saturated carbocycles. The highest BCUT2D eigenvalue weighted by Crippen LogP contribution is 2.38. The van der Waals surface area contributed by atoms with Gasteiger partial charge in [-0.25, -0.2) is 8.42 Å². The van der Waals surface area contributed by atoms with Crippen molar-refractivity contribution in [3.63, 3.8) is 0 Å². The van der Waals surface area contributed by atoms with Crippen molar-refractivity contribution in [2.45, 2.75) is 50.1 Å². The van der Waals surface area contributed by atoms with Crippen LogP contribution >= 0.6 is 23.2 Å². The van der Waals surface area contributed by atoms with E-state index in [0.717, 1.165) is 24.8 Å². The number of hydrogen-bond donors (Lipinski definition) is 1. The number of benzene rings is 1. The van der Waals surface area contributed by atoms with Crippen LogP contribution in [0.5, 0.6) is 0 Å². The summed E-state index contributed by atoms with van der Waals surface area (Å²) in [5.41, 5.74) is 0.596. The third-order valence-electron chi connectivity index (χ3n) is 6.42. The number of hydrogen-bond acceptors (Lipinski definition) is 4. The molecular weight excluding hydrogens is 435 g/mol. The minimum absolute atomic E-state index is 0.00603. The monoisotopic (exact) mass is 458 g/mol. The van der Waals surface area contributed by atoms with Gasteiger partial charge >= 0.3 is 0 Å². The first-order chi connectivity index (χ1) is 13.7. The number of halogens is 2. The zero-order chi connectivity index (χ0) is 20.8. The van der Waals surface area contributed by atoms with Crippen molar-refractivity contribution in [1.29, 1.82) is 0 Å². The summed E-state index contributed by atoms with van der Waals surface area (Å²) in [6.45, 7) is 0.294. The van der Waals surface area contributed by atoms with Crippen molar-refractivity contribution < 1.29 is 18.0 Å². The van der Waals surface area contributed by atoms with Crippen LogP contribution in [0.1, 0.15) is 37.7 Å². The van der Waals surface area contributed by atoms with Gasteiger partial charge in [-0.05, 0) is 49.8 Å². The van der Waals surface area contributed by atoms with E-state index in [2.05, 4.69) is 5.32 Å². The van der Waals surface area contributed by atoms with Gasteiger partial charge in [0.15, 0.2) is 9.84 Å². The second-order valence-electron chi connectivity index (χ2n) is 8.54. The molecule has 1 aromatic carbocycles. The molecule has 0 bridgehead atoms. The van der Waals surface area contributed by atoms with Gasteiger partial charge < -0.3 is 10.2 Å². The highest BCUT2D eigenvalue weighted by molar-refractivity contribution is 7.91. The second-order valence-corrected chi connectivity index (χ2v) is 11.6. The van der Waals surface area contributed by atoms with E-state index in [0.29, 0.717) is 29.4 Å². The summed E-state index contributed by atoms with van der Waals surface area (Å²) < 4.78 is 23.5. The normalized spacial score (nSPS) is 27.7. The van der Waals surface area contributed by atoms with Crippen molar-refractivity contribution >= 4 is 44.9 Å². The van der Waals surface area contributed by atoms with Gasteiger partial charge in [-0.15, -0.1) is 0 Å². The van der Waals surface area contributed by atoms with Crippen LogP contribution in [0.2, 0.25) is 10.0 Å². The molecule has 2 aliphatic heterocycles. The molecule has 0 radical (unpaired) electrons. The molecule has 2 unspecified atom stereocenters. The third-order valence-corrected chi connectivity index (χ3v) is 8.76. The van der Waals surface area contributed by atoms with Gasteiger partial charge in [-0.3, -0.25) is 9.59 Å². The molecule has 2 amide bonds. The van der Waals surface area contributed by atoms with Crippen molar-refractivity contribution in [2.75, 3.05) is 18.1 Å². The number of nitrogens with one attached hydrogen (secondary N) is 1. The number of carbonyl (C=O) groups is 2. The van der Waals surface area contributed by atoms with Crippen LogP contribution in [0, 0.1) is 5.92 Å². The molecular formula is C20H24Cl2N2O4S. The van der Waals surface area contributed by atoms with Gasteiger partial charge in [0.1, 0.15) is 0 Å². The van der Waals surface area contributed by atoms with E-state index in [1.807, 2.05) is 6.07 Å². The molecule has 0 spiro atoms. The Morgan fingerprint density at radius 3 is 2.62 bits per heavy atom. The van der Waals surface area contributed by atoms with Gasteiger partial charge in [0, 0.05) is 34.6 Å². The standard InChI is InChI=1S/C20H24Cl2N2O4S/c21-15-3-2-13(17(22)9-15)10-20(5-1-6-20)23-19(26)14-8-18(25)24(11-14)16-4-7-29(27,28)12-16/h2-3,9,14,16H,1,4-8,10-12H2,(H,23,26). The van der Waals surface area contributed by atoms with Crippen molar-refractivity contribution in [3.05, 3.63) is 33.8 Å². The fourth-order valence-electron chi connectivity index (χ4n) is 4.62. The molecule has 1 aromatic rings. The maximum absolute atomic E-state index is 13.0. The number of nitrogens with zero attached hydrogens (tertiary/aromatic N) is 1. The van der Waals surface area contributed by atoms with Crippen LogP contribution in [-0.4, -0.2) is 54.8 Å². The van der Waals surface area contributed by atoms with E-state index < -0.39 is 15.8 Å². The molecule has 3 fully saturated rings. The number of amides is 2. The highest BCUT2D eigenvalue weighted by atomic mass is 35.5. The largest absolute Gasteiger partial charge is 0.350 e. The Bertz CT molecular complexity index is 946. The molecule has 1 aliphatic carbocycles. The van der Waals surface area contributed by atoms with Gasteiger partial charge in [-0.2, -0.15) is 0 Å². The van der Waals surface area contributed by atoms with E-state index in [1.54, 1.807) is 17.0 Å². The van der Waals surface area contributed by atoms with Gasteiger partial charge in [0.05, 0.1) is 17.4 Å². The average Bonchev–Trinajstić information content (AvgIpc) is 3.17. The average molecular weight is 459 g/mol. The third kappa shape index (κ3) is 4.42. The Balaban J connectivity index is 1.41. The first-order valence-corrected chi connectivity index (χ1v) is 12.5. The van der Waals surface area contributed by atoms with Crippen LogP contribution in [0.15, 0.2) is 18.2 Å². The number of sulfone groups is 1. The zero-order valence-corrected chi connectivity index (χ0v) is 18.3. The van der Waals surface area contributed by atoms with Crippen molar-refractivity contribution in [3.8, 4) is 0 Å². The van der Waals surface area contributed by atoms with Crippen LogP contribution in [0.3, 0.4) is 0 Å². The fourth-order valence-corrected chi connectivity index (χ4v) is 6.83. The van der Waals surface area contributed by atoms with Crippen LogP contribution in [-0.2, 0) is 25.8 Å². The lowest BCUT2D eigenvalue weighted by molar-refractivity contribution is -0.130. The molecule has 2 saturated heterocycles. The molecule has 6 nitrogen and oxygen atoms in total. The Labute approximate surface area is 180 Å². The molecule has 3 aliphatic rings. The molecule has 9 heteroatoms. The maximum Gasteiger partial charge on any atom is 0.225 e. The topological polar surface area (TPSA) is 83.6 Å². The Hall–Kier alpha value is -1.31. The van der Waals surface area contributed by atoms with Crippen molar-refractivity contribution in [1.82, 2.24) is 10.2 Å². The van der Waals surface area contributed by atoms with Gasteiger partial charge in [0.2, 0.25) is 11.8 Å². The molecule has 158 valence electrons. The predicted octanol–water partition coefficient (Wildman–Crippen LogP) is 2.61. The SMILES string of the molecule is O=C(NC1(Cc2ccc(Cl)cc2Cl)CCC1)C1CC(=O)N(C2CCS(=O)(=O)C2)C1. The smallest absolute Gasteiger partial charge is 0.225 e. The Kier molecular flexibility index (Phi) is 5.59. The number of carbonyl (C=O) groups excluding carboxylic acids is 2. The quantitative estimate of drug-likeness (QED) is 0.734. The predicted molar refractivity (Wildman–Crippen MR) is 112 cm³/mol. The van der Waals surface area contributed by atoms with Crippen LogP contribution < -0.4 is 5.32 Å². The molecule has 2 atom stereocenters. The molecule has 1 N–H and O–H groups in total. The summed E-state index contributed by atoms with van der Waals surface area (Å²) in [4.78, 5) is 27.0. The highest BCUT2D eigenvalue weighted by Gasteiger charge is 2.45. The summed E-state index contributed by atoms with van der Waals surface area (Å²) in [6, 6.07) is 5.09. The first kappa shape index (κ1) is 20.9. The zero-order valence-electron chi connectivity index (χ0n) is 16.0. The van der Waals surface area contributed by atoms with Crippen molar-refractivity contribution in [2.24, 2.45) is 5.92 Å². The molecule has 2 heterocycles. The Morgan fingerprint density at radius 2 is 2.03 bits per heavy atom. The van der Waals surface area contributed by atoms with E-state index in [-0.39, 0.29) is 41.3 Å². The Morgan fingerprint density at radius 1 is 1.28 bits per heavy atom. The fraction of sp³-hybridized carbons (Fsp3) is 0.600. The lowest BCUT2D eigenvalue weighted by atomic mass is 9.72. The van der Waals surface area contributed by atoms with Gasteiger partial charge in [0.25, 0.3) is 0 Å². The van der Waals surface area contributed by atoms with Crippen LogP contribution in [0.4, 0.5) is 0 Å². The summed E-state index contributed by atoms with van der Waals surface area (Å²) in [5, 5.41) is 4.34. The lowest BCUT2D eigenvalue weighted by Gasteiger charge is -2.43. The number of likely N-dealkylation sites (tertiary alicyclic amines) is 1. The first-order valence-electron chi connectivity index (χ1n) is 9.92. The van der Waals surface area contributed by atoms with E-state index in [9.17, 15) is 18.0 Å². The summed E-state index contributed by atoms with van der Waals surface area (Å²) >= 11 is 12.3. The minimum atomic E-state index is -3.08. The second kappa shape index (κ2) is 7.75. The lowest BCUT2D eigenvalue weighted by Crippen LogP contribution is -2.56. The summed E-state index contributed by atoms with van der Waals surface area (Å²) in [6.07, 6.45) is 3.98. The van der Waals surface area contributed by atoms with E-state index >= 15 is 0 Å². The summed E-state index contributed by atoms with van der Waals surface area (Å²) in [7, 11) is -3.08. The van der Waals surface area contributed by atoms with E-state index in [1.165, 1.54) is 0 Å². The number of rotatable bonds is 5. The molecule has 0 aromatic heterocycles. The summed E-state index contributed by atoms with van der Waals surface area (Å²) in [5.74, 6) is -0.582. The van der Waals surface area contributed by atoms with Crippen LogP contribution in [0.25, 0.3) is 0 Å². The molecule has 29 heavy (non-hydrogen) atoms. The maximum atomic E-state index is 13.0.